The van der Waals surface area contributed by atoms with Gasteiger partial charge in [0.15, 0.2) is 0 Å². The molecule has 0 atom stereocenters. The Morgan fingerprint density at radius 2 is 1.79 bits per heavy atom. The Bertz CT molecular complexity index is 612. The zero-order valence-corrected chi connectivity index (χ0v) is 11.3. The minimum absolute atomic E-state index is 0.474. The van der Waals surface area contributed by atoms with Crippen LogP contribution in [0.1, 0.15) is 22.3 Å². The van der Waals surface area contributed by atoms with Crippen molar-refractivity contribution in [2.45, 2.75) is 20.3 Å². The van der Waals surface area contributed by atoms with Gasteiger partial charge in [-0.25, -0.2) is 0 Å². The first kappa shape index (κ1) is 13.2. The summed E-state index contributed by atoms with van der Waals surface area (Å²) in [5, 5.41) is 2.95. The van der Waals surface area contributed by atoms with Crippen LogP contribution >= 0.6 is 0 Å². The summed E-state index contributed by atoms with van der Waals surface area (Å²) < 4.78 is 0. The lowest BCUT2D eigenvalue weighted by molar-refractivity contribution is 1.22. The molecule has 0 amide bonds. The quantitative estimate of drug-likeness (QED) is 0.706. The molecule has 96 valence electrons. The highest BCUT2D eigenvalue weighted by Gasteiger charge is 2.04. The number of nitrogens with zero attached hydrogens (tertiary/aromatic N) is 1. The summed E-state index contributed by atoms with van der Waals surface area (Å²) in [6.45, 7) is 8.21. The van der Waals surface area contributed by atoms with E-state index in [-0.39, 0.29) is 0 Å². The summed E-state index contributed by atoms with van der Waals surface area (Å²) in [7, 11) is 0. The van der Waals surface area contributed by atoms with Crippen LogP contribution in [0.4, 0.5) is 5.69 Å². The molecular formula is C17H17NO. The van der Waals surface area contributed by atoms with Crippen molar-refractivity contribution in [2.75, 3.05) is 0 Å². The molecule has 2 nitrogen and oxygen atoms in total. The summed E-state index contributed by atoms with van der Waals surface area (Å²) in [6.07, 6.45) is 0.786. The fourth-order valence-electron chi connectivity index (χ4n) is 2.06. The largest absolute Gasteiger partial charge is 0.145 e. The van der Waals surface area contributed by atoms with E-state index >= 15 is 0 Å². The van der Waals surface area contributed by atoms with Crippen molar-refractivity contribution in [3.8, 4) is 0 Å². The Morgan fingerprint density at radius 1 is 1.11 bits per heavy atom. The average Bonchev–Trinajstić information content (AvgIpc) is 2.41. The van der Waals surface area contributed by atoms with Gasteiger partial charge >= 0.3 is 0 Å². The topological polar surface area (TPSA) is 29.4 Å². The van der Waals surface area contributed by atoms with Crippen LogP contribution in [-0.4, -0.2) is 0 Å². The van der Waals surface area contributed by atoms with Crippen molar-refractivity contribution < 1.29 is 0 Å². The van der Waals surface area contributed by atoms with Gasteiger partial charge in [-0.1, -0.05) is 42.5 Å². The molecule has 0 aliphatic rings. The molecule has 0 aliphatic carbocycles. The van der Waals surface area contributed by atoms with Gasteiger partial charge in [-0.2, -0.15) is 0 Å². The normalized spacial score (nSPS) is 10.2. The van der Waals surface area contributed by atoms with Crippen molar-refractivity contribution >= 4 is 11.3 Å². The first-order chi connectivity index (χ1) is 9.10. The standard InChI is InChI=1S/C17H17NO/c1-12-4-6-15(7-5-12)13(2)10-16-8-9-17(18-19)11-14(16)3/h4-9,11H,2,10H2,1,3H3. The van der Waals surface area contributed by atoms with Gasteiger partial charge in [0, 0.05) is 0 Å². The fourth-order valence-corrected chi connectivity index (χ4v) is 2.06. The van der Waals surface area contributed by atoms with E-state index in [0.717, 1.165) is 23.1 Å². The monoisotopic (exact) mass is 251 g/mol. The molecule has 2 rings (SSSR count). The fraction of sp³-hybridized carbons (Fsp3) is 0.176. The van der Waals surface area contributed by atoms with Crippen LogP contribution in [-0.2, 0) is 6.42 Å². The maximum absolute atomic E-state index is 10.5. The molecule has 2 aromatic carbocycles. The molecule has 0 aliphatic heterocycles. The van der Waals surface area contributed by atoms with Crippen LogP contribution in [0.2, 0.25) is 0 Å². The number of rotatable bonds is 4. The molecule has 2 aromatic rings. The second-order valence-corrected chi connectivity index (χ2v) is 4.85. The van der Waals surface area contributed by atoms with E-state index in [0.29, 0.717) is 5.69 Å². The molecule has 0 bridgehead atoms. The molecule has 0 saturated heterocycles. The van der Waals surface area contributed by atoms with E-state index in [9.17, 15) is 4.91 Å². The van der Waals surface area contributed by atoms with E-state index in [4.69, 9.17) is 0 Å². The van der Waals surface area contributed by atoms with Gasteiger partial charge in [0.2, 0.25) is 0 Å². The summed E-state index contributed by atoms with van der Waals surface area (Å²) in [5.41, 5.74) is 6.21. The molecule has 0 saturated carbocycles. The second-order valence-electron chi connectivity index (χ2n) is 4.85. The highest BCUT2D eigenvalue weighted by atomic mass is 16.3. The molecule has 0 spiro atoms. The van der Waals surface area contributed by atoms with Gasteiger partial charge in [-0.15, -0.1) is 4.91 Å². The van der Waals surface area contributed by atoms with Crippen molar-refractivity contribution in [2.24, 2.45) is 5.18 Å². The first-order valence-electron chi connectivity index (χ1n) is 6.28. The van der Waals surface area contributed by atoms with E-state index in [2.05, 4.69) is 42.9 Å². The van der Waals surface area contributed by atoms with Gasteiger partial charge in [-0.05, 0) is 59.8 Å². The SMILES string of the molecule is C=C(Cc1ccc(N=O)cc1C)c1ccc(C)cc1. The number of hydrogen-bond acceptors (Lipinski definition) is 2. The summed E-state index contributed by atoms with van der Waals surface area (Å²) >= 11 is 0. The molecule has 19 heavy (non-hydrogen) atoms. The lowest BCUT2D eigenvalue weighted by Crippen LogP contribution is -1.92. The maximum Gasteiger partial charge on any atom is 0.108 e. The van der Waals surface area contributed by atoms with Crippen LogP contribution in [0.3, 0.4) is 0 Å². The smallest absolute Gasteiger partial charge is 0.108 e. The summed E-state index contributed by atoms with van der Waals surface area (Å²) in [6, 6.07) is 13.9. The summed E-state index contributed by atoms with van der Waals surface area (Å²) in [4.78, 5) is 10.5. The molecule has 0 N–H and O–H groups in total. The number of hydrogen-bond donors (Lipinski definition) is 0. The van der Waals surface area contributed by atoms with Crippen LogP contribution < -0.4 is 0 Å². The first-order valence-corrected chi connectivity index (χ1v) is 6.28. The Labute approximate surface area is 113 Å². The molecule has 2 heteroatoms. The van der Waals surface area contributed by atoms with E-state index < -0.39 is 0 Å². The third-order valence-corrected chi connectivity index (χ3v) is 3.30. The number of aryl methyl sites for hydroxylation is 2. The van der Waals surface area contributed by atoms with Crippen molar-refractivity contribution in [1.82, 2.24) is 0 Å². The van der Waals surface area contributed by atoms with Crippen LogP contribution in [0.15, 0.2) is 54.2 Å². The van der Waals surface area contributed by atoms with Crippen LogP contribution in [0.25, 0.3) is 5.57 Å². The Kier molecular flexibility index (Phi) is 3.91. The number of benzene rings is 2. The lowest BCUT2D eigenvalue weighted by Gasteiger charge is -2.09. The van der Waals surface area contributed by atoms with Crippen LogP contribution in [0, 0.1) is 18.8 Å². The molecule has 0 aromatic heterocycles. The minimum Gasteiger partial charge on any atom is -0.145 e. The molecule has 0 heterocycles. The van der Waals surface area contributed by atoms with Crippen molar-refractivity contribution in [3.05, 3.63) is 76.2 Å². The average molecular weight is 251 g/mol. The third kappa shape index (κ3) is 3.16. The van der Waals surface area contributed by atoms with E-state index in [1.165, 1.54) is 11.1 Å². The molecule has 0 radical (unpaired) electrons. The van der Waals surface area contributed by atoms with Gasteiger partial charge < -0.3 is 0 Å². The maximum atomic E-state index is 10.5. The Morgan fingerprint density at radius 3 is 2.37 bits per heavy atom. The summed E-state index contributed by atoms with van der Waals surface area (Å²) in [5.74, 6) is 0. The Balaban J connectivity index is 2.19. The molecule has 0 fully saturated rings. The van der Waals surface area contributed by atoms with Crippen molar-refractivity contribution in [1.29, 1.82) is 0 Å². The van der Waals surface area contributed by atoms with Gasteiger partial charge in [0.25, 0.3) is 0 Å². The third-order valence-electron chi connectivity index (χ3n) is 3.30. The van der Waals surface area contributed by atoms with Gasteiger partial charge in [0.05, 0.1) is 0 Å². The van der Waals surface area contributed by atoms with Gasteiger partial charge in [0.1, 0.15) is 5.69 Å². The van der Waals surface area contributed by atoms with Crippen molar-refractivity contribution in [3.63, 3.8) is 0 Å². The number of allylic oxidation sites excluding steroid dienone is 1. The highest BCUT2D eigenvalue weighted by Crippen LogP contribution is 2.23. The predicted molar refractivity (Wildman–Crippen MR) is 80.6 cm³/mol. The molecule has 0 unspecified atom stereocenters. The minimum atomic E-state index is 0.474. The second kappa shape index (κ2) is 5.61. The Hall–Kier alpha value is -2.22. The molecular weight excluding hydrogens is 234 g/mol. The zero-order chi connectivity index (χ0) is 13.8. The van der Waals surface area contributed by atoms with Gasteiger partial charge in [-0.3, -0.25) is 0 Å². The van der Waals surface area contributed by atoms with E-state index in [1.54, 1.807) is 6.07 Å². The predicted octanol–water partition coefficient (Wildman–Crippen LogP) is 4.96. The number of nitroso groups, excluding NO2 is 1. The van der Waals surface area contributed by atoms with Crippen LogP contribution in [0.5, 0.6) is 0 Å². The zero-order valence-electron chi connectivity index (χ0n) is 11.3. The lowest BCUT2D eigenvalue weighted by atomic mass is 9.96. The highest BCUT2D eigenvalue weighted by molar-refractivity contribution is 5.66. The van der Waals surface area contributed by atoms with E-state index in [1.807, 2.05) is 19.1 Å².